The molecule has 17 rings (SSSR count). The first-order valence-electron chi connectivity index (χ1n) is 28.3. The lowest BCUT2D eigenvalue weighted by atomic mass is 9.92. The normalized spacial score (nSPS) is 11.8. The highest BCUT2D eigenvalue weighted by Gasteiger charge is 2.35. The molecule has 8 nitrogen and oxygen atoms in total. The predicted molar refractivity (Wildman–Crippen MR) is 344 cm³/mol. The van der Waals surface area contributed by atoms with Gasteiger partial charge in [0, 0.05) is 65.3 Å². The Morgan fingerprint density at radius 1 is 0.226 bits per heavy atom. The molecule has 0 atom stereocenters. The largest absolute Gasteiger partial charge is 0.306 e. The second-order valence-corrected chi connectivity index (χ2v) is 21.4. The van der Waals surface area contributed by atoms with Gasteiger partial charge in [-0.25, -0.2) is 15.0 Å². The van der Waals surface area contributed by atoms with Crippen molar-refractivity contribution in [1.29, 1.82) is 5.26 Å². The van der Waals surface area contributed by atoms with Gasteiger partial charge in [0.15, 0.2) is 17.5 Å². The van der Waals surface area contributed by atoms with Crippen LogP contribution in [0.25, 0.3) is 155 Å². The minimum absolute atomic E-state index is 0.508. The molecule has 0 saturated carbocycles. The number of rotatable bonds is 8. The van der Waals surface area contributed by atoms with Crippen LogP contribution in [0.4, 0.5) is 0 Å². The fourth-order valence-electron chi connectivity index (χ4n) is 13.3. The van der Waals surface area contributed by atoms with Crippen molar-refractivity contribution in [2.45, 2.75) is 0 Å². The molecule has 0 spiro atoms. The molecule has 8 heteroatoms. The van der Waals surface area contributed by atoms with E-state index in [1.54, 1.807) is 0 Å². The maximum atomic E-state index is 12.9. The zero-order valence-electron chi connectivity index (χ0n) is 45.1. The molecule has 5 aromatic heterocycles. The maximum Gasteiger partial charge on any atom is 0.164 e. The Kier molecular flexibility index (Phi) is 10.5. The molecule has 5 heterocycles. The Morgan fingerprint density at radius 2 is 0.440 bits per heavy atom. The molecule has 0 saturated heterocycles. The number of nitriles is 1. The highest BCUT2D eigenvalue weighted by atomic mass is 15.1. The monoisotopic (exact) mass is 1070 g/mol. The fourth-order valence-corrected chi connectivity index (χ4v) is 13.3. The van der Waals surface area contributed by atoms with E-state index in [4.69, 9.17) is 15.0 Å². The summed E-state index contributed by atoms with van der Waals surface area (Å²) in [5.74, 6) is 1.73. The Bertz CT molecular complexity index is 5040. The van der Waals surface area contributed by atoms with Gasteiger partial charge in [0.2, 0.25) is 0 Å². The van der Waals surface area contributed by atoms with Crippen molar-refractivity contribution in [2.75, 3.05) is 0 Å². The minimum Gasteiger partial charge on any atom is -0.306 e. The topological polar surface area (TPSA) is 82.2 Å². The third kappa shape index (κ3) is 6.97. The van der Waals surface area contributed by atoms with Gasteiger partial charge in [0.25, 0.3) is 0 Å². The van der Waals surface area contributed by atoms with Crippen molar-refractivity contribution in [3.05, 3.63) is 285 Å². The number of aromatic nitrogens is 7. The average molecular weight is 1070 g/mol. The third-order valence-corrected chi connectivity index (χ3v) is 16.9. The summed E-state index contributed by atoms with van der Waals surface area (Å²) in [6.07, 6.45) is 0. The zero-order chi connectivity index (χ0) is 55.4. The van der Waals surface area contributed by atoms with Gasteiger partial charge >= 0.3 is 0 Å². The Hall–Kier alpha value is -11.7. The summed E-state index contributed by atoms with van der Waals surface area (Å²) in [5.41, 5.74) is 16.1. The summed E-state index contributed by atoms with van der Waals surface area (Å²) >= 11 is 0. The van der Waals surface area contributed by atoms with Crippen LogP contribution < -0.4 is 0 Å². The lowest BCUT2D eigenvalue weighted by Gasteiger charge is -2.29. The first-order valence-corrected chi connectivity index (χ1v) is 28.3. The molecule has 0 bridgehead atoms. The zero-order valence-corrected chi connectivity index (χ0v) is 45.1. The summed E-state index contributed by atoms with van der Waals surface area (Å²) in [4.78, 5) is 15.5. The molecule has 0 aliphatic rings. The minimum atomic E-state index is 0.508. The first-order chi connectivity index (χ1) is 41.7. The van der Waals surface area contributed by atoms with Crippen molar-refractivity contribution in [2.24, 2.45) is 0 Å². The lowest BCUT2D eigenvalue weighted by Crippen LogP contribution is -2.16. The van der Waals surface area contributed by atoms with Gasteiger partial charge in [-0.05, 0) is 54.1 Å². The molecule has 84 heavy (non-hydrogen) atoms. The highest BCUT2D eigenvalue weighted by molar-refractivity contribution is 6.17. The van der Waals surface area contributed by atoms with E-state index < -0.39 is 0 Å². The van der Waals surface area contributed by atoms with Crippen LogP contribution in [-0.4, -0.2) is 33.2 Å². The van der Waals surface area contributed by atoms with Gasteiger partial charge in [-0.2, -0.15) is 5.26 Å². The van der Waals surface area contributed by atoms with Gasteiger partial charge in [0.1, 0.15) is 11.6 Å². The second kappa shape index (κ2) is 18.7. The third-order valence-electron chi connectivity index (χ3n) is 16.9. The molecule has 0 fully saturated rings. The lowest BCUT2D eigenvalue weighted by molar-refractivity contribution is 1.04. The summed E-state index contributed by atoms with van der Waals surface area (Å²) in [6, 6.07) is 101. The molecule has 0 unspecified atom stereocenters. The predicted octanol–water partition coefficient (Wildman–Crippen LogP) is 18.8. The summed E-state index contributed by atoms with van der Waals surface area (Å²) in [7, 11) is 0. The van der Waals surface area contributed by atoms with Crippen LogP contribution in [0.3, 0.4) is 0 Å². The SMILES string of the molecule is N#Cc1c(-n2c3ccccc3c3ccccc32)c(-n2c3ccccc3c3ccccc32)c(-c2ccc(-c3nc(-c4ccccc4)nc(-c4ccccc4)n3)cc2)c(-n2c3ccccc3c3ccccc32)c1-n1c2ccccc2c2ccccc21. The smallest absolute Gasteiger partial charge is 0.164 e. The van der Waals surface area contributed by atoms with Crippen LogP contribution in [0.5, 0.6) is 0 Å². The van der Waals surface area contributed by atoms with Crippen LogP contribution >= 0.6 is 0 Å². The first kappa shape index (κ1) is 47.2. The molecule has 0 aliphatic carbocycles. The number of para-hydroxylation sites is 8. The van der Waals surface area contributed by atoms with E-state index in [0.717, 1.165) is 138 Å². The molecule has 12 aromatic carbocycles. The van der Waals surface area contributed by atoms with Gasteiger partial charge in [0.05, 0.1) is 66.9 Å². The van der Waals surface area contributed by atoms with Gasteiger partial charge in [-0.3, -0.25) is 0 Å². The Labute approximate surface area is 481 Å². The quantitative estimate of drug-likeness (QED) is 0.152. The van der Waals surface area contributed by atoms with Crippen LogP contribution in [0.1, 0.15) is 5.56 Å². The number of nitrogens with zero attached hydrogens (tertiary/aromatic N) is 8. The second-order valence-electron chi connectivity index (χ2n) is 21.4. The van der Waals surface area contributed by atoms with Crippen molar-refractivity contribution in [3.63, 3.8) is 0 Å². The van der Waals surface area contributed by atoms with Gasteiger partial charge in [-0.1, -0.05) is 231 Å². The van der Waals surface area contributed by atoms with Gasteiger partial charge in [-0.15, -0.1) is 0 Å². The van der Waals surface area contributed by atoms with Crippen molar-refractivity contribution in [3.8, 4) is 74.1 Å². The number of hydrogen-bond acceptors (Lipinski definition) is 4. The molecule has 0 aliphatic heterocycles. The maximum absolute atomic E-state index is 12.9. The number of fused-ring (bicyclic) bond motifs is 12. The highest BCUT2D eigenvalue weighted by Crippen LogP contribution is 2.52. The number of hydrogen-bond donors (Lipinski definition) is 0. The van der Waals surface area contributed by atoms with Gasteiger partial charge < -0.3 is 18.3 Å². The molecule has 0 radical (unpaired) electrons. The summed E-state index contributed by atoms with van der Waals surface area (Å²) < 4.78 is 9.61. The van der Waals surface area contributed by atoms with Crippen LogP contribution in [0.15, 0.2) is 279 Å². The molecule has 0 N–H and O–H groups in total. The fraction of sp³-hybridized carbons (Fsp3) is 0. The molecular weight excluding hydrogens is 1020 g/mol. The molecule has 0 amide bonds. The van der Waals surface area contributed by atoms with Crippen molar-refractivity contribution < 1.29 is 0 Å². The van der Waals surface area contributed by atoms with E-state index in [2.05, 4.69) is 243 Å². The van der Waals surface area contributed by atoms with E-state index in [1.807, 2.05) is 60.7 Å². The average Bonchev–Trinajstić information content (AvgIpc) is 1.50. The Balaban J connectivity index is 1.12. The molecular formula is C76H46N8. The van der Waals surface area contributed by atoms with Crippen molar-refractivity contribution in [1.82, 2.24) is 33.2 Å². The van der Waals surface area contributed by atoms with Crippen LogP contribution in [-0.2, 0) is 0 Å². The van der Waals surface area contributed by atoms with Crippen LogP contribution in [0, 0.1) is 11.3 Å². The number of benzene rings is 12. The summed E-state index contributed by atoms with van der Waals surface area (Å²) in [6.45, 7) is 0. The molecule has 17 aromatic rings. The summed E-state index contributed by atoms with van der Waals surface area (Å²) in [5, 5.41) is 21.7. The van der Waals surface area contributed by atoms with E-state index in [9.17, 15) is 5.26 Å². The van der Waals surface area contributed by atoms with Crippen molar-refractivity contribution >= 4 is 87.2 Å². The van der Waals surface area contributed by atoms with Crippen LogP contribution in [0.2, 0.25) is 0 Å². The Morgan fingerprint density at radius 3 is 0.702 bits per heavy atom. The van der Waals surface area contributed by atoms with E-state index in [1.165, 1.54) is 0 Å². The van der Waals surface area contributed by atoms with E-state index in [0.29, 0.717) is 23.0 Å². The molecule has 390 valence electrons. The van der Waals surface area contributed by atoms with E-state index >= 15 is 0 Å². The standard InChI is InChI=1S/C76H46N8/c77-47-60-70(81-61-35-15-7-27-52(61)53-28-8-16-36-62(53)81)72(83-65-39-19-11-31-56(65)57-32-12-20-40-66(57)83)69(48-43-45-51(46-44-48)76-79-74(49-23-3-1-4-24-49)78-75(80-76)50-25-5-2-6-26-50)73(84-67-41-21-13-33-58(67)59-34-14-22-42-68(59)84)71(60)82-63-37-17-9-29-54(63)55-30-10-18-38-64(55)82/h1-46H. The van der Waals surface area contributed by atoms with E-state index in [-0.39, 0.29) is 0 Å².